The van der Waals surface area contributed by atoms with E-state index in [2.05, 4.69) is 31.3 Å². The zero-order valence-electron chi connectivity index (χ0n) is 25.1. The Morgan fingerprint density at radius 2 is 1.48 bits per heavy atom. The Balaban J connectivity index is 1.20. The van der Waals surface area contributed by atoms with Crippen LogP contribution in [0.25, 0.3) is 0 Å². The van der Waals surface area contributed by atoms with Crippen molar-refractivity contribution in [2.75, 3.05) is 39.9 Å². The maximum Gasteiger partial charge on any atom is 0.490 e. The predicted molar refractivity (Wildman–Crippen MR) is 166 cm³/mol. The van der Waals surface area contributed by atoms with Crippen LogP contribution in [0.1, 0.15) is 60.3 Å². The molecule has 3 heterocycles. The zero-order chi connectivity index (χ0) is 31.5. The summed E-state index contributed by atoms with van der Waals surface area (Å²) in [5, 5.41) is 3.24. The molecule has 1 fully saturated rings. The third-order valence-electron chi connectivity index (χ3n) is 7.99. The number of rotatable bonds is 17. The number of hydrogen-bond donors (Lipinski definition) is 0. The number of ether oxygens (including phenoxy) is 3. The summed E-state index contributed by atoms with van der Waals surface area (Å²) in [6.07, 6.45) is 2.28. The van der Waals surface area contributed by atoms with Gasteiger partial charge in [-0.1, -0.05) is 48.9 Å². The maximum atomic E-state index is 13.7. The second-order valence-electron chi connectivity index (χ2n) is 11.6. The summed E-state index contributed by atoms with van der Waals surface area (Å²) in [5.41, 5.74) is -0.951. The lowest BCUT2D eigenvalue weighted by Gasteiger charge is -2.32. The van der Waals surface area contributed by atoms with Gasteiger partial charge in [0.1, 0.15) is 6.54 Å². The molecule has 4 rings (SSSR count). The molecule has 0 N–H and O–H groups in total. The number of esters is 2. The van der Waals surface area contributed by atoms with Crippen LogP contribution in [-0.4, -0.2) is 68.6 Å². The number of aryl methyl sites for hydroxylation is 1. The molecule has 44 heavy (non-hydrogen) atoms. The molecule has 0 bridgehead atoms. The van der Waals surface area contributed by atoms with E-state index >= 15 is 0 Å². The van der Waals surface area contributed by atoms with Gasteiger partial charge in [-0.05, 0) is 67.0 Å². The minimum absolute atomic E-state index is 0.161. The van der Waals surface area contributed by atoms with Crippen molar-refractivity contribution in [3.8, 4) is 0 Å². The zero-order valence-corrected chi connectivity index (χ0v) is 26.7. The molecular formula is C33H41F3NO5S2+. The van der Waals surface area contributed by atoms with Gasteiger partial charge in [-0.2, -0.15) is 13.2 Å². The largest absolute Gasteiger partial charge is 0.490 e. The number of hydrogen-bond acceptors (Lipinski definition) is 7. The number of carbonyl (C=O) groups excluding carboxylic acids is 2. The predicted octanol–water partition coefficient (Wildman–Crippen LogP) is 7.52. The number of quaternary nitrogens is 1. The average molecular weight is 653 g/mol. The van der Waals surface area contributed by atoms with Gasteiger partial charge in [0.25, 0.3) is 5.60 Å². The highest BCUT2D eigenvalue weighted by Crippen LogP contribution is 2.42. The van der Waals surface area contributed by atoms with Gasteiger partial charge >= 0.3 is 18.1 Å². The van der Waals surface area contributed by atoms with Crippen LogP contribution in [-0.2, 0) is 35.8 Å². The minimum atomic E-state index is -5.27. The summed E-state index contributed by atoms with van der Waals surface area (Å²) in [4.78, 5) is 26.1. The van der Waals surface area contributed by atoms with Gasteiger partial charge in [-0.3, -0.25) is 0 Å². The van der Waals surface area contributed by atoms with E-state index in [1.807, 2.05) is 6.07 Å². The van der Waals surface area contributed by atoms with Crippen LogP contribution >= 0.6 is 22.7 Å². The molecule has 0 aliphatic carbocycles. The first-order chi connectivity index (χ1) is 21.1. The third-order valence-corrected chi connectivity index (χ3v) is 9.94. The van der Waals surface area contributed by atoms with Crippen molar-refractivity contribution < 1.29 is 41.5 Å². The molecule has 0 saturated carbocycles. The van der Waals surface area contributed by atoms with Crippen LogP contribution in [0.2, 0.25) is 0 Å². The van der Waals surface area contributed by atoms with E-state index in [1.165, 1.54) is 17.7 Å². The van der Waals surface area contributed by atoms with Crippen molar-refractivity contribution in [1.82, 2.24) is 0 Å². The van der Waals surface area contributed by atoms with E-state index in [4.69, 9.17) is 14.2 Å². The lowest BCUT2D eigenvalue weighted by Crippen LogP contribution is -2.47. The Labute approximate surface area is 265 Å². The molecular weight excluding hydrogens is 611 g/mol. The number of likely N-dealkylation sites (tertiary alicyclic amines) is 1. The number of nitrogens with zero attached hydrogens (tertiary/aromatic N) is 1. The molecule has 2 atom stereocenters. The van der Waals surface area contributed by atoms with E-state index in [0.717, 1.165) is 93.9 Å². The highest BCUT2D eigenvalue weighted by molar-refractivity contribution is 7.12. The van der Waals surface area contributed by atoms with Crippen molar-refractivity contribution >= 4 is 34.6 Å². The van der Waals surface area contributed by atoms with E-state index in [9.17, 15) is 22.8 Å². The molecule has 3 aromatic rings. The highest BCUT2D eigenvalue weighted by atomic mass is 32.1. The molecule has 6 nitrogen and oxygen atoms in total. The van der Waals surface area contributed by atoms with E-state index < -0.39 is 29.8 Å². The van der Waals surface area contributed by atoms with Crippen LogP contribution in [0.3, 0.4) is 0 Å². The normalized spacial score (nSPS) is 18.8. The lowest BCUT2D eigenvalue weighted by atomic mass is 9.99. The first-order valence-electron chi connectivity index (χ1n) is 15.2. The number of likely N-dealkylation sites (N-methyl/N-ethyl adjacent to an activating group) is 1. The van der Waals surface area contributed by atoms with Crippen molar-refractivity contribution in [2.45, 2.75) is 69.2 Å². The van der Waals surface area contributed by atoms with E-state index in [0.29, 0.717) is 17.4 Å². The monoisotopic (exact) mass is 652 g/mol. The molecule has 0 amide bonds. The first kappa shape index (κ1) is 34.1. The fourth-order valence-corrected chi connectivity index (χ4v) is 7.40. The molecule has 1 aliphatic heterocycles. The first-order valence-corrected chi connectivity index (χ1v) is 16.9. The van der Waals surface area contributed by atoms with Crippen LogP contribution in [0.15, 0.2) is 65.4 Å². The Bertz CT molecular complexity index is 1250. The molecule has 0 radical (unpaired) electrons. The number of benzene rings is 1. The third kappa shape index (κ3) is 9.39. The topological polar surface area (TPSA) is 61.8 Å². The molecule has 2 unspecified atom stereocenters. The van der Waals surface area contributed by atoms with Gasteiger partial charge in [0, 0.05) is 19.6 Å². The standard InChI is InChI=1S/C33H41F3NO5S2/c1-37(19-8-2-3-9-21-40-22-10-7-15-26-13-5-4-6-14-26)20-18-27(25-37)41-30(38)32(28-16-11-23-43-28,29-17-12-24-44-29)42-31(39)33(34,35)36/h4-6,11-14,16-17,23-24,27H,2-3,7-10,15,18-22,25H2,1H3/q+1. The number of unbranched alkanes of at least 4 members (excludes halogenated alkanes) is 4. The number of carbonyl (C=O) groups is 2. The molecule has 1 aromatic carbocycles. The molecule has 0 spiro atoms. The molecule has 11 heteroatoms. The van der Waals surface area contributed by atoms with Gasteiger partial charge in [0.2, 0.25) is 0 Å². The Kier molecular flexibility index (Phi) is 12.4. The minimum Gasteiger partial charge on any atom is -0.453 e. The average Bonchev–Trinajstić information content (AvgIpc) is 3.78. The highest BCUT2D eigenvalue weighted by Gasteiger charge is 2.55. The van der Waals surface area contributed by atoms with Crippen LogP contribution < -0.4 is 0 Å². The summed E-state index contributed by atoms with van der Waals surface area (Å²) in [6.45, 7) is 3.81. The van der Waals surface area contributed by atoms with Gasteiger partial charge in [-0.25, -0.2) is 9.59 Å². The lowest BCUT2D eigenvalue weighted by molar-refractivity contribution is -0.899. The van der Waals surface area contributed by atoms with Crippen molar-refractivity contribution in [3.63, 3.8) is 0 Å². The van der Waals surface area contributed by atoms with Crippen molar-refractivity contribution in [1.29, 1.82) is 0 Å². The van der Waals surface area contributed by atoms with Crippen LogP contribution in [0.5, 0.6) is 0 Å². The second-order valence-corrected chi connectivity index (χ2v) is 13.5. The quantitative estimate of drug-likeness (QED) is 0.0858. The second kappa shape index (κ2) is 16.0. The summed E-state index contributed by atoms with van der Waals surface area (Å²) >= 11 is 2.08. The van der Waals surface area contributed by atoms with Crippen LogP contribution in [0, 0.1) is 0 Å². The fraction of sp³-hybridized carbons (Fsp3) is 0.515. The van der Waals surface area contributed by atoms with Crippen molar-refractivity contribution in [2.24, 2.45) is 0 Å². The molecule has 1 aliphatic rings. The molecule has 240 valence electrons. The molecule has 1 saturated heterocycles. The van der Waals surface area contributed by atoms with Crippen molar-refractivity contribution in [3.05, 3.63) is 80.7 Å². The van der Waals surface area contributed by atoms with Gasteiger partial charge < -0.3 is 18.7 Å². The SMILES string of the molecule is C[N+]1(CCCCCCOCCCCc2ccccc2)CCC(OC(=O)C(OC(=O)C(F)(F)F)(c2cccs2)c2cccs2)C1. The van der Waals surface area contributed by atoms with Gasteiger partial charge in [0.05, 0.1) is 29.9 Å². The Hall–Kier alpha value is -2.73. The Morgan fingerprint density at radius 3 is 2.09 bits per heavy atom. The summed E-state index contributed by atoms with van der Waals surface area (Å²) in [7, 11) is 2.11. The van der Waals surface area contributed by atoms with E-state index in [-0.39, 0.29) is 9.75 Å². The summed E-state index contributed by atoms with van der Waals surface area (Å²) in [6, 6.07) is 16.7. The van der Waals surface area contributed by atoms with Gasteiger partial charge in [0.15, 0.2) is 6.10 Å². The van der Waals surface area contributed by atoms with Gasteiger partial charge in [-0.15, -0.1) is 22.7 Å². The van der Waals surface area contributed by atoms with Crippen LogP contribution in [0.4, 0.5) is 13.2 Å². The number of alkyl halides is 3. The number of halogens is 3. The van der Waals surface area contributed by atoms with E-state index in [1.54, 1.807) is 22.9 Å². The summed E-state index contributed by atoms with van der Waals surface area (Å²) < 4.78 is 57.4. The number of thiophene rings is 2. The fourth-order valence-electron chi connectivity index (χ4n) is 5.61. The molecule has 2 aromatic heterocycles. The maximum absolute atomic E-state index is 13.7. The summed E-state index contributed by atoms with van der Waals surface area (Å²) in [5.74, 6) is -3.43. The smallest absolute Gasteiger partial charge is 0.453 e. The Morgan fingerprint density at radius 1 is 0.841 bits per heavy atom.